The zero-order chi connectivity index (χ0) is 28.0. The molecule has 0 atom stereocenters. The first-order valence-corrected chi connectivity index (χ1v) is 15.8. The lowest BCUT2D eigenvalue weighted by atomic mass is 9.85. The largest absolute Gasteiger partial charge is 0.478 e. The van der Waals surface area contributed by atoms with Crippen molar-refractivity contribution in [3.05, 3.63) is 36.3 Å². The normalized spacial score (nSPS) is 20.6. The van der Waals surface area contributed by atoms with E-state index in [4.69, 9.17) is 4.74 Å². The smallest absolute Gasteiger partial charge is 0.225 e. The number of amides is 1. The topological polar surface area (TPSA) is 104 Å². The highest BCUT2D eigenvalue weighted by Gasteiger charge is 2.35. The first-order valence-electron chi connectivity index (χ1n) is 13.9. The van der Waals surface area contributed by atoms with Crippen LogP contribution in [-0.4, -0.2) is 115 Å². The Labute approximate surface area is 232 Å². The van der Waals surface area contributed by atoms with Crippen LogP contribution in [0.4, 0.5) is 5.69 Å². The maximum absolute atomic E-state index is 13.3. The Bertz CT molecular complexity index is 1190. The molecule has 2 aromatic rings. The van der Waals surface area contributed by atoms with Crippen LogP contribution in [-0.2, 0) is 21.4 Å². The van der Waals surface area contributed by atoms with Crippen molar-refractivity contribution in [3.63, 3.8) is 0 Å². The number of likely N-dealkylation sites (N-methyl/N-ethyl adjacent to an activating group) is 1. The van der Waals surface area contributed by atoms with Gasteiger partial charge in [-0.05, 0) is 52.8 Å². The number of carbonyl (C=O) groups is 1. The van der Waals surface area contributed by atoms with Crippen LogP contribution in [0, 0.1) is 5.92 Å². The molecule has 0 aromatic carbocycles. The number of anilines is 1. The van der Waals surface area contributed by atoms with E-state index in [1.165, 1.54) is 6.26 Å². The van der Waals surface area contributed by atoms with E-state index in [-0.39, 0.29) is 17.9 Å². The average molecular weight is 562 g/mol. The van der Waals surface area contributed by atoms with Crippen LogP contribution in [0.15, 0.2) is 30.6 Å². The SMILES string of the molecule is CCOc1cccc(Cn2cc(N3CCN(C(=O)C4CCC(N(CCN(C)C)S(C)(=O)=O)CC4)CC3)cn2)n1. The van der Waals surface area contributed by atoms with Crippen molar-refractivity contribution in [2.24, 2.45) is 5.92 Å². The van der Waals surface area contributed by atoms with Crippen LogP contribution in [0.25, 0.3) is 0 Å². The Kier molecular flexibility index (Phi) is 9.84. The van der Waals surface area contributed by atoms with E-state index in [1.54, 1.807) is 4.31 Å². The third-order valence-electron chi connectivity index (χ3n) is 7.62. The van der Waals surface area contributed by atoms with Gasteiger partial charge in [0.05, 0.1) is 37.0 Å². The number of carbonyl (C=O) groups excluding carboxylic acids is 1. The number of rotatable bonds is 11. The lowest BCUT2D eigenvalue weighted by molar-refractivity contribution is -0.137. The van der Waals surface area contributed by atoms with Crippen molar-refractivity contribution in [2.45, 2.75) is 45.2 Å². The minimum absolute atomic E-state index is 0.0192. The van der Waals surface area contributed by atoms with Crippen LogP contribution in [0.3, 0.4) is 0 Å². The van der Waals surface area contributed by atoms with Crippen molar-refractivity contribution in [2.75, 3.05) is 71.1 Å². The number of piperazine rings is 1. The van der Waals surface area contributed by atoms with Gasteiger partial charge in [0.2, 0.25) is 21.8 Å². The molecule has 2 aromatic heterocycles. The van der Waals surface area contributed by atoms with Gasteiger partial charge in [0.15, 0.2) is 0 Å². The summed E-state index contributed by atoms with van der Waals surface area (Å²) in [6.45, 7) is 7.14. The van der Waals surface area contributed by atoms with Crippen molar-refractivity contribution in [1.29, 1.82) is 0 Å². The van der Waals surface area contributed by atoms with Crippen LogP contribution < -0.4 is 9.64 Å². The van der Waals surface area contributed by atoms with Crippen molar-refractivity contribution >= 4 is 21.6 Å². The van der Waals surface area contributed by atoms with Crippen molar-refractivity contribution in [1.82, 2.24) is 28.9 Å². The predicted molar refractivity (Wildman–Crippen MR) is 151 cm³/mol. The van der Waals surface area contributed by atoms with Crippen LogP contribution >= 0.6 is 0 Å². The number of sulfonamides is 1. The van der Waals surface area contributed by atoms with Gasteiger partial charge in [-0.15, -0.1) is 0 Å². The van der Waals surface area contributed by atoms with E-state index in [9.17, 15) is 13.2 Å². The van der Waals surface area contributed by atoms with Crippen molar-refractivity contribution < 1.29 is 17.9 Å². The van der Waals surface area contributed by atoms with Gasteiger partial charge < -0.3 is 19.4 Å². The highest BCUT2D eigenvalue weighted by atomic mass is 32.2. The lowest BCUT2D eigenvalue weighted by Crippen LogP contribution is -2.51. The van der Waals surface area contributed by atoms with Gasteiger partial charge in [0.1, 0.15) is 0 Å². The second kappa shape index (κ2) is 13.1. The molecule has 0 bridgehead atoms. The predicted octanol–water partition coefficient (Wildman–Crippen LogP) is 1.76. The van der Waals surface area contributed by atoms with Gasteiger partial charge in [0.25, 0.3) is 0 Å². The Morgan fingerprint density at radius 2 is 1.79 bits per heavy atom. The summed E-state index contributed by atoms with van der Waals surface area (Å²) in [5.41, 5.74) is 1.93. The summed E-state index contributed by atoms with van der Waals surface area (Å²) in [5.74, 6) is 0.808. The Morgan fingerprint density at radius 3 is 2.44 bits per heavy atom. The highest BCUT2D eigenvalue weighted by molar-refractivity contribution is 7.88. The van der Waals surface area contributed by atoms with E-state index in [1.807, 2.05) is 66.1 Å². The fraction of sp³-hybridized carbons (Fsp3) is 0.667. The molecule has 11 nitrogen and oxygen atoms in total. The summed E-state index contributed by atoms with van der Waals surface area (Å²) in [6.07, 6.45) is 8.13. The number of hydrogen-bond donors (Lipinski definition) is 0. The van der Waals surface area contributed by atoms with E-state index < -0.39 is 10.0 Å². The number of ether oxygens (including phenoxy) is 1. The Morgan fingerprint density at radius 1 is 1.08 bits per heavy atom. The summed E-state index contributed by atoms with van der Waals surface area (Å²) in [6, 6.07) is 5.73. The summed E-state index contributed by atoms with van der Waals surface area (Å²) in [7, 11) is 0.613. The molecule has 4 rings (SSSR count). The van der Waals surface area contributed by atoms with Gasteiger partial charge in [-0.1, -0.05) is 6.07 Å². The molecule has 0 radical (unpaired) electrons. The molecule has 1 saturated heterocycles. The van der Waals surface area contributed by atoms with E-state index in [0.717, 1.165) is 50.2 Å². The van der Waals surface area contributed by atoms with E-state index in [0.29, 0.717) is 45.2 Å². The van der Waals surface area contributed by atoms with Crippen molar-refractivity contribution in [3.8, 4) is 5.88 Å². The number of hydrogen-bond acceptors (Lipinski definition) is 8. The average Bonchev–Trinajstić information content (AvgIpc) is 3.37. The molecule has 0 unspecified atom stereocenters. The molecule has 216 valence electrons. The summed E-state index contributed by atoms with van der Waals surface area (Å²) in [4.78, 5) is 24.1. The molecule has 1 aliphatic heterocycles. The molecule has 1 saturated carbocycles. The highest BCUT2D eigenvalue weighted by Crippen LogP contribution is 2.30. The molecule has 0 N–H and O–H groups in total. The molecule has 1 aliphatic carbocycles. The molecule has 2 aliphatic rings. The summed E-state index contributed by atoms with van der Waals surface area (Å²) >= 11 is 0. The van der Waals surface area contributed by atoms with E-state index >= 15 is 0 Å². The molecule has 2 fully saturated rings. The molecule has 0 spiro atoms. The second-order valence-electron chi connectivity index (χ2n) is 10.8. The second-order valence-corrected chi connectivity index (χ2v) is 12.7. The zero-order valence-electron chi connectivity index (χ0n) is 23.7. The van der Waals surface area contributed by atoms with Gasteiger partial charge in [0, 0.05) is 63.5 Å². The Hall–Kier alpha value is -2.70. The quantitative estimate of drug-likeness (QED) is 0.409. The molecule has 39 heavy (non-hydrogen) atoms. The minimum atomic E-state index is -3.28. The molecular formula is C27H43N7O4S. The van der Waals surface area contributed by atoms with Crippen LogP contribution in [0.5, 0.6) is 5.88 Å². The van der Waals surface area contributed by atoms with E-state index in [2.05, 4.69) is 15.0 Å². The zero-order valence-corrected chi connectivity index (χ0v) is 24.5. The lowest BCUT2D eigenvalue weighted by Gasteiger charge is -2.39. The monoisotopic (exact) mass is 561 g/mol. The first-order chi connectivity index (χ1) is 18.6. The molecular weight excluding hydrogens is 518 g/mol. The van der Waals surface area contributed by atoms with Gasteiger partial charge in [-0.2, -0.15) is 9.40 Å². The Balaban J connectivity index is 1.25. The fourth-order valence-electron chi connectivity index (χ4n) is 5.51. The van der Waals surface area contributed by atoms with Gasteiger partial charge in [-0.3, -0.25) is 9.48 Å². The summed E-state index contributed by atoms with van der Waals surface area (Å²) in [5, 5.41) is 4.52. The maximum atomic E-state index is 13.3. The minimum Gasteiger partial charge on any atom is -0.478 e. The van der Waals surface area contributed by atoms with Gasteiger partial charge in [-0.25, -0.2) is 13.4 Å². The van der Waals surface area contributed by atoms with Crippen LogP contribution in [0.2, 0.25) is 0 Å². The fourth-order valence-corrected chi connectivity index (χ4v) is 6.68. The number of nitrogens with zero attached hydrogens (tertiary/aromatic N) is 7. The number of aromatic nitrogens is 3. The number of pyridine rings is 1. The summed E-state index contributed by atoms with van der Waals surface area (Å²) < 4.78 is 33.8. The molecule has 3 heterocycles. The molecule has 1 amide bonds. The third-order valence-corrected chi connectivity index (χ3v) is 8.95. The molecule has 12 heteroatoms. The van der Waals surface area contributed by atoms with Crippen LogP contribution in [0.1, 0.15) is 38.3 Å². The maximum Gasteiger partial charge on any atom is 0.225 e. The first kappa shape index (κ1) is 29.3. The van der Waals surface area contributed by atoms with Gasteiger partial charge >= 0.3 is 0 Å². The standard InChI is InChI=1S/C27H43N7O4S/c1-5-38-26-8-6-7-23(29-26)20-33-21-25(19-28-33)31-14-16-32(17-15-31)27(35)22-9-11-24(12-10-22)34(39(4,36)37)18-13-30(2)3/h6-8,19,21-22,24H,5,9-18,20H2,1-4H3. The third kappa shape index (κ3) is 7.92.